The summed E-state index contributed by atoms with van der Waals surface area (Å²) in [5.41, 5.74) is 2.73. The van der Waals surface area contributed by atoms with Crippen LogP contribution in [0.4, 0.5) is 5.69 Å². The van der Waals surface area contributed by atoms with Gasteiger partial charge in [-0.1, -0.05) is 52.5 Å². The number of halogens is 4. The van der Waals surface area contributed by atoms with Crippen LogP contribution >= 0.6 is 46.4 Å². The van der Waals surface area contributed by atoms with Crippen molar-refractivity contribution in [3.05, 3.63) is 56.5 Å². The molecule has 0 saturated carbocycles. The summed E-state index contributed by atoms with van der Waals surface area (Å²) in [7, 11) is -3.85. The molecule has 21 heavy (non-hydrogen) atoms. The molecule has 0 unspecified atom stereocenters. The van der Waals surface area contributed by atoms with Crippen LogP contribution < -0.4 is 10.3 Å². The summed E-state index contributed by atoms with van der Waals surface area (Å²) in [6, 6.07) is 8.74. The van der Waals surface area contributed by atoms with Crippen molar-refractivity contribution in [3.63, 3.8) is 0 Å². The van der Waals surface area contributed by atoms with Crippen molar-refractivity contribution in [1.82, 2.24) is 4.83 Å². The number of sulfonamides is 1. The van der Waals surface area contributed by atoms with E-state index in [9.17, 15) is 8.42 Å². The molecule has 0 heterocycles. The van der Waals surface area contributed by atoms with Gasteiger partial charge in [-0.05, 0) is 30.3 Å². The van der Waals surface area contributed by atoms with Gasteiger partial charge in [0.25, 0.3) is 10.0 Å². The van der Waals surface area contributed by atoms with Crippen LogP contribution in [0.1, 0.15) is 0 Å². The minimum Gasteiger partial charge on any atom is -0.305 e. The third-order valence-corrected chi connectivity index (χ3v) is 5.09. The molecular weight excluding hydrogens is 378 g/mol. The van der Waals surface area contributed by atoms with Gasteiger partial charge in [-0.2, -0.15) is 0 Å². The largest absolute Gasteiger partial charge is 0.305 e. The molecule has 2 rings (SSSR count). The summed E-state index contributed by atoms with van der Waals surface area (Å²) in [5, 5.41) is 0.951. The number of benzene rings is 2. The Hall–Kier alpha value is -0.690. The molecule has 2 N–H and O–H groups in total. The zero-order valence-electron chi connectivity index (χ0n) is 10.2. The van der Waals surface area contributed by atoms with Crippen LogP contribution in [0.15, 0.2) is 41.3 Å². The fraction of sp³-hybridized carbons (Fsp3) is 0. The standard InChI is InChI=1S/C12H8Cl4N2O2S/c13-8-5-4-7(6-11(8)16)21(19,20)18-17-12-9(14)2-1-3-10(12)15/h1-6,17-18H. The molecule has 0 atom stereocenters. The van der Waals surface area contributed by atoms with Gasteiger partial charge in [-0.15, -0.1) is 4.83 Å². The van der Waals surface area contributed by atoms with Gasteiger partial charge in [0.2, 0.25) is 0 Å². The fourth-order valence-corrected chi connectivity index (χ4v) is 3.17. The van der Waals surface area contributed by atoms with Gasteiger partial charge in [0.05, 0.1) is 30.7 Å². The minimum atomic E-state index is -3.85. The number of hydrogen-bond acceptors (Lipinski definition) is 3. The van der Waals surface area contributed by atoms with Crippen molar-refractivity contribution in [1.29, 1.82) is 0 Å². The lowest BCUT2D eigenvalue weighted by molar-refractivity contribution is 0.588. The van der Waals surface area contributed by atoms with Crippen molar-refractivity contribution in [2.45, 2.75) is 4.90 Å². The van der Waals surface area contributed by atoms with E-state index in [0.29, 0.717) is 0 Å². The summed E-state index contributed by atoms with van der Waals surface area (Å²) >= 11 is 23.4. The Morgan fingerprint density at radius 1 is 0.810 bits per heavy atom. The molecule has 0 aliphatic rings. The summed E-state index contributed by atoms with van der Waals surface area (Å²) < 4.78 is 24.3. The van der Waals surface area contributed by atoms with E-state index in [1.807, 2.05) is 0 Å². The molecule has 0 aromatic heterocycles. The second-order valence-electron chi connectivity index (χ2n) is 3.90. The molecule has 0 bridgehead atoms. The monoisotopic (exact) mass is 384 g/mol. The van der Waals surface area contributed by atoms with Crippen molar-refractivity contribution < 1.29 is 8.42 Å². The van der Waals surface area contributed by atoms with Gasteiger partial charge in [0.1, 0.15) is 0 Å². The molecule has 0 aliphatic heterocycles. The Kier molecular flexibility index (Phi) is 5.24. The quantitative estimate of drug-likeness (QED) is 0.755. The molecule has 4 nitrogen and oxygen atoms in total. The number of hydrogen-bond donors (Lipinski definition) is 2. The van der Waals surface area contributed by atoms with Gasteiger partial charge in [-0.25, -0.2) is 8.42 Å². The maximum atomic E-state index is 12.1. The van der Waals surface area contributed by atoms with Gasteiger partial charge in [0, 0.05) is 0 Å². The Morgan fingerprint density at radius 2 is 1.43 bits per heavy atom. The molecule has 0 saturated heterocycles. The van der Waals surface area contributed by atoms with E-state index in [2.05, 4.69) is 10.3 Å². The van der Waals surface area contributed by atoms with Crippen molar-refractivity contribution in [3.8, 4) is 0 Å². The maximum absolute atomic E-state index is 12.1. The SMILES string of the molecule is O=S(=O)(NNc1c(Cl)cccc1Cl)c1ccc(Cl)c(Cl)c1. The lowest BCUT2D eigenvalue weighted by atomic mass is 10.3. The maximum Gasteiger partial charge on any atom is 0.257 e. The summed E-state index contributed by atoms with van der Waals surface area (Å²) in [6.45, 7) is 0. The molecule has 2 aromatic rings. The highest BCUT2D eigenvalue weighted by Crippen LogP contribution is 2.29. The molecule has 0 radical (unpaired) electrons. The molecule has 0 spiro atoms. The van der Waals surface area contributed by atoms with Crippen LogP contribution in [-0.4, -0.2) is 8.42 Å². The normalized spacial score (nSPS) is 11.4. The molecule has 0 aliphatic carbocycles. The van der Waals surface area contributed by atoms with E-state index < -0.39 is 10.0 Å². The van der Waals surface area contributed by atoms with E-state index in [1.165, 1.54) is 18.2 Å². The number of rotatable bonds is 4. The summed E-state index contributed by atoms with van der Waals surface area (Å²) in [4.78, 5) is 2.12. The molecule has 0 amide bonds. The average Bonchev–Trinajstić information content (AvgIpc) is 2.41. The highest BCUT2D eigenvalue weighted by atomic mass is 35.5. The predicted octanol–water partition coefficient (Wildman–Crippen LogP) is 4.61. The Balaban J connectivity index is 2.24. The molecule has 112 valence electrons. The van der Waals surface area contributed by atoms with Crippen LogP contribution in [0.5, 0.6) is 0 Å². The highest BCUT2D eigenvalue weighted by molar-refractivity contribution is 7.89. The number of anilines is 1. The van der Waals surface area contributed by atoms with E-state index >= 15 is 0 Å². The minimum absolute atomic E-state index is 0.0485. The number of para-hydroxylation sites is 1. The van der Waals surface area contributed by atoms with Gasteiger partial charge < -0.3 is 5.43 Å². The molecule has 0 fully saturated rings. The van der Waals surface area contributed by atoms with Crippen molar-refractivity contribution in [2.24, 2.45) is 0 Å². The first-order valence-corrected chi connectivity index (χ1v) is 8.47. The van der Waals surface area contributed by atoms with Crippen LogP contribution in [0, 0.1) is 0 Å². The van der Waals surface area contributed by atoms with Crippen molar-refractivity contribution in [2.75, 3.05) is 5.43 Å². The van der Waals surface area contributed by atoms with Crippen molar-refractivity contribution >= 4 is 62.1 Å². The lowest BCUT2D eigenvalue weighted by Crippen LogP contribution is -2.29. The van der Waals surface area contributed by atoms with Crippen LogP contribution in [0.25, 0.3) is 0 Å². The van der Waals surface area contributed by atoms with Gasteiger partial charge >= 0.3 is 0 Å². The number of hydrazine groups is 1. The second-order valence-corrected chi connectivity index (χ2v) is 7.21. The van der Waals surface area contributed by atoms with E-state index in [0.717, 1.165) is 0 Å². The lowest BCUT2D eigenvalue weighted by Gasteiger charge is -2.12. The van der Waals surface area contributed by atoms with Crippen LogP contribution in [-0.2, 0) is 10.0 Å². The highest BCUT2D eigenvalue weighted by Gasteiger charge is 2.16. The second kappa shape index (κ2) is 6.60. The Morgan fingerprint density at radius 3 is 2.00 bits per heavy atom. The summed E-state index contributed by atoms with van der Waals surface area (Å²) in [6.07, 6.45) is 0. The Labute approximate surface area is 142 Å². The zero-order valence-corrected chi connectivity index (χ0v) is 14.0. The first-order valence-electron chi connectivity index (χ1n) is 5.48. The smallest absolute Gasteiger partial charge is 0.257 e. The molecule has 9 heteroatoms. The molecular formula is C12H8Cl4N2O2S. The fourth-order valence-electron chi connectivity index (χ4n) is 1.44. The molecule has 2 aromatic carbocycles. The van der Waals surface area contributed by atoms with Crippen LogP contribution in [0.3, 0.4) is 0 Å². The van der Waals surface area contributed by atoms with E-state index in [4.69, 9.17) is 46.4 Å². The van der Waals surface area contributed by atoms with Gasteiger partial charge in [0.15, 0.2) is 0 Å². The van der Waals surface area contributed by atoms with E-state index in [-0.39, 0.29) is 30.7 Å². The average molecular weight is 386 g/mol. The first-order chi connectivity index (χ1) is 9.81. The number of nitrogens with one attached hydrogen (secondary N) is 2. The zero-order chi connectivity index (χ0) is 15.6. The summed E-state index contributed by atoms with van der Waals surface area (Å²) in [5.74, 6) is 0. The third kappa shape index (κ3) is 3.94. The van der Waals surface area contributed by atoms with E-state index in [1.54, 1.807) is 18.2 Å². The van der Waals surface area contributed by atoms with Crippen LogP contribution in [0.2, 0.25) is 20.1 Å². The van der Waals surface area contributed by atoms with Gasteiger partial charge in [-0.3, -0.25) is 0 Å². The topological polar surface area (TPSA) is 58.2 Å². The Bertz CT molecular complexity index is 761. The predicted molar refractivity (Wildman–Crippen MR) is 86.9 cm³/mol. The third-order valence-electron chi connectivity index (χ3n) is 2.47. The first kappa shape index (κ1) is 16.7.